The highest BCUT2D eigenvalue weighted by Gasteiger charge is 2.20. The highest BCUT2D eigenvalue weighted by atomic mass is 16.6. The van der Waals surface area contributed by atoms with Crippen LogP contribution in [0, 0.1) is 0 Å². The van der Waals surface area contributed by atoms with Crippen molar-refractivity contribution in [3.8, 4) is 11.5 Å². The van der Waals surface area contributed by atoms with Crippen LogP contribution in [-0.2, 0) is 6.42 Å². The average molecular weight is 411 g/mol. The molecule has 1 aliphatic heterocycles. The second kappa shape index (κ2) is 10.5. The first-order valence-corrected chi connectivity index (χ1v) is 10.3. The number of carbonyl (C=O) groups is 1. The smallest absolute Gasteiger partial charge is 0.253 e. The quantitative estimate of drug-likeness (QED) is 0.541. The van der Waals surface area contributed by atoms with Crippen molar-refractivity contribution in [1.82, 2.24) is 15.5 Å². The van der Waals surface area contributed by atoms with Crippen LogP contribution < -0.4 is 20.1 Å². The summed E-state index contributed by atoms with van der Waals surface area (Å²) in [7, 11) is 3.52. The van der Waals surface area contributed by atoms with Crippen LogP contribution in [0.3, 0.4) is 0 Å². The van der Waals surface area contributed by atoms with Gasteiger partial charge in [0.15, 0.2) is 23.6 Å². The van der Waals surface area contributed by atoms with Crippen LogP contribution in [-0.4, -0.2) is 63.2 Å². The first kappa shape index (κ1) is 21.5. The van der Waals surface area contributed by atoms with Crippen molar-refractivity contribution < 1.29 is 14.3 Å². The van der Waals surface area contributed by atoms with Crippen molar-refractivity contribution in [2.75, 3.05) is 40.3 Å². The molecular weight excluding hydrogens is 380 g/mol. The van der Waals surface area contributed by atoms with Crippen molar-refractivity contribution in [2.24, 2.45) is 4.99 Å². The highest BCUT2D eigenvalue weighted by molar-refractivity contribution is 5.94. The zero-order valence-corrected chi connectivity index (χ0v) is 17.9. The molecule has 160 valence electrons. The summed E-state index contributed by atoms with van der Waals surface area (Å²) in [6.45, 7) is 4.48. The van der Waals surface area contributed by atoms with Crippen molar-refractivity contribution in [3.05, 3.63) is 59.7 Å². The third-order valence-electron chi connectivity index (χ3n) is 4.65. The summed E-state index contributed by atoms with van der Waals surface area (Å²) in [5.74, 6) is 2.28. The number of nitrogens with zero attached hydrogens (tertiary/aromatic N) is 2. The summed E-state index contributed by atoms with van der Waals surface area (Å²) in [5.41, 5.74) is 1.81. The number of amides is 1. The molecule has 7 heteroatoms. The van der Waals surface area contributed by atoms with Gasteiger partial charge in [0.25, 0.3) is 5.91 Å². The third kappa shape index (κ3) is 5.89. The summed E-state index contributed by atoms with van der Waals surface area (Å²) < 4.78 is 11.7. The Kier molecular flexibility index (Phi) is 7.54. The summed E-state index contributed by atoms with van der Waals surface area (Å²) in [6.07, 6.45) is 0.666. The van der Waals surface area contributed by atoms with Gasteiger partial charge in [0, 0.05) is 32.7 Å². The van der Waals surface area contributed by atoms with Gasteiger partial charge in [-0.25, -0.2) is 4.99 Å². The Labute approximate surface area is 178 Å². The van der Waals surface area contributed by atoms with E-state index in [0.29, 0.717) is 25.3 Å². The minimum atomic E-state index is -0.121. The van der Waals surface area contributed by atoms with Gasteiger partial charge in [-0.15, -0.1) is 0 Å². The Bertz CT molecular complexity index is 882. The molecule has 0 fully saturated rings. The molecule has 2 aromatic carbocycles. The van der Waals surface area contributed by atoms with Crippen LogP contribution in [0.2, 0.25) is 0 Å². The molecule has 0 saturated carbocycles. The van der Waals surface area contributed by atoms with Gasteiger partial charge in [-0.1, -0.05) is 24.3 Å². The number of hydrogen-bond acceptors (Lipinski definition) is 4. The zero-order chi connectivity index (χ0) is 21.3. The molecule has 0 aromatic heterocycles. The van der Waals surface area contributed by atoms with Crippen molar-refractivity contribution >= 4 is 11.9 Å². The SMILES string of the molecule is CCNC(=NCC1COc2ccccc2O1)NCCc1cccc(C(=O)N(C)C)c1. The third-order valence-corrected chi connectivity index (χ3v) is 4.65. The Morgan fingerprint density at radius 2 is 1.93 bits per heavy atom. The van der Waals surface area contributed by atoms with Gasteiger partial charge in [-0.3, -0.25) is 4.79 Å². The maximum atomic E-state index is 12.1. The molecule has 1 unspecified atom stereocenters. The van der Waals surface area contributed by atoms with Gasteiger partial charge in [0.05, 0.1) is 6.54 Å². The van der Waals surface area contributed by atoms with Gasteiger partial charge in [0.2, 0.25) is 0 Å². The Hall–Kier alpha value is -3.22. The molecule has 0 saturated heterocycles. The number of fused-ring (bicyclic) bond motifs is 1. The topological polar surface area (TPSA) is 75.2 Å². The zero-order valence-electron chi connectivity index (χ0n) is 17.9. The second-order valence-corrected chi connectivity index (χ2v) is 7.29. The molecule has 2 aromatic rings. The predicted octanol–water partition coefficient (Wildman–Crippen LogP) is 2.33. The molecule has 0 bridgehead atoms. The molecule has 30 heavy (non-hydrogen) atoms. The number of carbonyl (C=O) groups excluding carboxylic acids is 1. The van der Waals surface area contributed by atoms with E-state index in [2.05, 4.69) is 15.6 Å². The normalized spacial score (nSPS) is 15.4. The summed E-state index contributed by atoms with van der Waals surface area (Å²) in [4.78, 5) is 18.4. The van der Waals surface area contributed by atoms with Crippen molar-refractivity contribution in [2.45, 2.75) is 19.4 Å². The van der Waals surface area contributed by atoms with Crippen LogP contribution >= 0.6 is 0 Å². The van der Waals surface area contributed by atoms with E-state index >= 15 is 0 Å². The van der Waals surface area contributed by atoms with Gasteiger partial charge >= 0.3 is 0 Å². The van der Waals surface area contributed by atoms with Crippen LogP contribution in [0.25, 0.3) is 0 Å². The van der Waals surface area contributed by atoms with Gasteiger partial charge in [-0.05, 0) is 43.2 Å². The lowest BCUT2D eigenvalue weighted by Gasteiger charge is -2.25. The molecular formula is C23H30N4O3. The Morgan fingerprint density at radius 1 is 1.13 bits per heavy atom. The molecule has 0 spiro atoms. The van der Waals surface area contributed by atoms with Gasteiger partial charge < -0.3 is 25.0 Å². The van der Waals surface area contributed by atoms with E-state index in [9.17, 15) is 4.79 Å². The molecule has 1 amide bonds. The van der Waals surface area contributed by atoms with E-state index in [1.807, 2.05) is 55.5 Å². The molecule has 1 aliphatic rings. The van der Waals surface area contributed by atoms with E-state index in [0.717, 1.165) is 36.0 Å². The molecule has 1 atom stereocenters. The predicted molar refractivity (Wildman–Crippen MR) is 118 cm³/mol. The van der Waals surface area contributed by atoms with Crippen molar-refractivity contribution in [1.29, 1.82) is 0 Å². The molecule has 3 rings (SSSR count). The number of aliphatic imine (C=N–C) groups is 1. The first-order valence-electron chi connectivity index (χ1n) is 10.3. The van der Waals surface area contributed by atoms with E-state index in [1.165, 1.54) is 0 Å². The Morgan fingerprint density at radius 3 is 2.70 bits per heavy atom. The fraction of sp³-hybridized carbons (Fsp3) is 0.391. The van der Waals surface area contributed by atoms with Crippen LogP contribution in [0.4, 0.5) is 0 Å². The van der Waals surface area contributed by atoms with E-state index in [-0.39, 0.29) is 12.0 Å². The highest BCUT2D eigenvalue weighted by Crippen LogP contribution is 2.30. The standard InChI is InChI=1S/C23H30N4O3/c1-4-24-23(26-15-19-16-29-20-10-5-6-11-21(20)30-19)25-13-12-17-8-7-9-18(14-17)22(28)27(2)3/h5-11,14,19H,4,12-13,15-16H2,1-3H3,(H2,24,25,26). The summed E-state index contributed by atoms with van der Waals surface area (Å²) in [5, 5.41) is 6.60. The lowest BCUT2D eigenvalue weighted by atomic mass is 10.1. The van der Waals surface area contributed by atoms with E-state index < -0.39 is 0 Å². The molecule has 0 radical (unpaired) electrons. The first-order chi connectivity index (χ1) is 14.6. The number of hydrogen-bond donors (Lipinski definition) is 2. The lowest BCUT2D eigenvalue weighted by Crippen LogP contribution is -2.40. The monoisotopic (exact) mass is 410 g/mol. The lowest BCUT2D eigenvalue weighted by molar-refractivity contribution is 0.0827. The van der Waals surface area contributed by atoms with Gasteiger partial charge in [-0.2, -0.15) is 0 Å². The van der Waals surface area contributed by atoms with Crippen LogP contribution in [0.5, 0.6) is 11.5 Å². The van der Waals surface area contributed by atoms with Crippen LogP contribution in [0.1, 0.15) is 22.8 Å². The Balaban J connectivity index is 1.52. The largest absolute Gasteiger partial charge is 0.486 e. The maximum Gasteiger partial charge on any atom is 0.253 e. The fourth-order valence-electron chi connectivity index (χ4n) is 3.13. The summed E-state index contributed by atoms with van der Waals surface area (Å²) in [6, 6.07) is 15.4. The van der Waals surface area contributed by atoms with E-state index in [4.69, 9.17) is 9.47 Å². The number of ether oxygens (including phenoxy) is 2. The summed E-state index contributed by atoms with van der Waals surface area (Å²) >= 11 is 0. The molecule has 7 nitrogen and oxygen atoms in total. The molecule has 1 heterocycles. The number of para-hydroxylation sites is 2. The van der Waals surface area contributed by atoms with Crippen LogP contribution in [0.15, 0.2) is 53.5 Å². The molecule has 2 N–H and O–H groups in total. The minimum absolute atomic E-state index is 0.0102. The fourth-order valence-corrected chi connectivity index (χ4v) is 3.13. The number of rotatable bonds is 7. The van der Waals surface area contributed by atoms with Gasteiger partial charge in [0.1, 0.15) is 6.61 Å². The average Bonchev–Trinajstić information content (AvgIpc) is 2.77. The maximum absolute atomic E-state index is 12.1. The minimum Gasteiger partial charge on any atom is -0.486 e. The number of benzene rings is 2. The van der Waals surface area contributed by atoms with E-state index in [1.54, 1.807) is 19.0 Å². The second-order valence-electron chi connectivity index (χ2n) is 7.29. The van der Waals surface area contributed by atoms with Crippen molar-refractivity contribution in [3.63, 3.8) is 0 Å². The molecule has 0 aliphatic carbocycles. The number of nitrogens with one attached hydrogen (secondary N) is 2. The number of guanidine groups is 1.